The highest BCUT2D eigenvalue weighted by atomic mass is 14.2. The Kier molecular flexibility index (Phi) is 28.4. The van der Waals surface area contributed by atoms with E-state index in [1.165, 1.54) is 6.08 Å². The molecule has 0 aromatic heterocycles. The molecule has 0 heterocycles. The van der Waals surface area contributed by atoms with Crippen LogP contribution in [0.2, 0.25) is 0 Å². The van der Waals surface area contributed by atoms with Crippen molar-refractivity contribution in [2.24, 2.45) is 0 Å². The maximum absolute atomic E-state index is 7.51. The summed E-state index contributed by atoms with van der Waals surface area (Å²) >= 11 is 0. The van der Waals surface area contributed by atoms with E-state index in [-0.39, 0.29) is 0 Å². The summed E-state index contributed by atoms with van der Waals surface area (Å²) in [6, 6.07) is 1.69. The number of nitrogens with zero attached hydrogens (tertiary/aromatic N) is 1. The van der Waals surface area contributed by atoms with Gasteiger partial charge >= 0.3 is 0 Å². The van der Waals surface area contributed by atoms with Gasteiger partial charge < -0.3 is 0 Å². The van der Waals surface area contributed by atoms with Crippen LogP contribution >= 0.6 is 0 Å². The molecule has 0 fully saturated rings. The monoisotopic (exact) mass is 93.1 g/mol. The molecule has 0 aliphatic carbocycles. The summed E-state index contributed by atoms with van der Waals surface area (Å²) in [4.78, 5) is 0. The lowest BCUT2D eigenvalue weighted by Gasteiger charge is -1.31. The molecule has 0 saturated carbocycles. The molecule has 0 unspecified atom stereocenters. The molecule has 0 aliphatic rings. The van der Waals surface area contributed by atoms with Gasteiger partial charge in [0.2, 0.25) is 0 Å². The van der Waals surface area contributed by atoms with Gasteiger partial charge in [-0.3, -0.25) is 0 Å². The molecule has 1 heteroatoms. The number of allylic oxidation sites excluding steroid dienone is 1. The van der Waals surface area contributed by atoms with Gasteiger partial charge in [-0.2, -0.15) is 5.26 Å². The van der Waals surface area contributed by atoms with Crippen LogP contribution in [0, 0.1) is 23.7 Å². The van der Waals surface area contributed by atoms with E-state index in [0.29, 0.717) is 0 Å². The van der Waals surface area contributed by atoms with Crippen LogP contribution in [0.1, 0.15) is 6.92 Å². The first-order valence-corrected chi connectivity index (χ1v) is 1.71. The second-order valence-corrected chi connectivity index (χ2v) is 0.622. The molecule has 7 heavy (non-hydrogen) atoms. The zero-order valence-electron chi connectivity index (χ0n) is 4.31. The van der Waals surface area contributed by atoms with Crippen LogP contribution in [0.15, 0.2) is 12.7 Å². The number of hydrogen-bond acceptors (Lipinski definition) is 1. The Morgan fingerprint density at radius 2 is 2.00 bits per heavy atom. The predicted molar refractivity (Wildman–Crippen MR) is 30.3 cm³/mol. The van der Waals surface area contributed by atoms with E-state index in [2.05, 4.69) is 18.9 Å². The first-order valence-electron chi connectivity index (χ1n) is 1.71. The molecule has 0 rings (SSSR count). The second-order valence-electron chi connectivity index (χ2n) is 0.622. The van der Waals surface area contributed by atoms with Gasteiger partial charge in [-0.25, -0.2) is 0 Å². The summed E-state index contributed by atoms with van der Waals surface area (Å²) in [5, 5.41) is 7.51. The average Bonchev–Trinajstić information content (AvgIpc) is 1.69. The molecule has 1 nitrogen and oxygen atoms in total. The summed E-state index contributed by atoms with van der Waals surface area (Å²) in [5.41, 5.74) is 0. The lowest BCUT2D eigenvalue weighted by Crippen LogP contribution is -1.23. The smallest absolute Gasteiger partial charge is 0.0905 e. The Morgan fingerprint density at radius 1 is 1.86 bits per heavy atom. The number of hydrogen-bond donors (Lipinski definition) is 0. The van der Waals surface area contributed by atoms with Crippen molar-refractivity contribution in [3.63, 3.8) is 0 Å². The number of rotatable bonds is 0. The van der Waals surface area contributed by atoms with Gasteiger partial charge in [-0.05, 0) is 6.92 Å². The quantitative estimate of drug-likeness (QED) is 0.327. The van der Waals surface area contributed by atoms with Crippen LogP contribution in [0.3, 0.4) is 0 Å². The van der Waals surface area contributed by atoms with Crippen molar-refractivity contribution in [2.45, 2.75) is 6.92 Å². The summed E-state index contributed by atoms with van der Waals surface area (Å²) in [5.74, 6) is 2.25. The van der Waals surface area contributed by atoms with Crippen molar-refractivity contribution in [3.05, 3.63) is 12.7 Å². The first-order chi connectivity index (χ1) is 3.33. The fourth-order valence-corrected chi connectivity index (χ4v) is 0. The zero-order chi connectivity index (χ0) is 6.12. The molecule has 0 amide bonds. The van der Waals surface area contributed by atoms with E-state index in [9.17, 15) is 0 Å². The van der Waals surface area contributed by atoms with Gasteiger partial charge in [0.25, 0.3) is 0 Å². The summed E-state index contributed by atoms with van der Waals surface area (Å²) in [7, 11) is 0. The summed E-state index contributed by atoms with van der Waals surface area (Å²) in [6.45, 7) is 4.77. The van der Waals surface area contributed by atoms with Crippen molar-refractivity contribution in [2.75, 3.05) is 0 Å². The largest absolute Gasteiger partial charge is 0.193 e. The minimum Gasteiger partial charge on any atom is -0.193 e. The highest BCUT2D eigenvalue weighted by molar-refractivity contribution is 4.93. The highest BCUT2D eigenvalue weighted by Crippen LogP contribution is 1.41. The first kappa shape index (κ1) is 9.25. The normalized spacial score (nSPS) is 3.29. The van der Waals surface area contributed by atoms with E-state index in [4.69, 9.17) is 5.26 Å². The number of terminal acetylenes is 1. The molecular weight excluding hydrogens is 86.1 g/mol. The Morgan fingerprint density at radius 3 is 2.00 bits per heavy atom. The molecule has 0 spiro atoms. The lowest BCUT2D eigenvalue weighted by atomic mass is 10.8. The SMILES string of the molecule is C#CC.C=CC#N. The van der Waals surface area contributed by atoms with Gasteiger partial charge in [0.05, 0.1) is 6.07 Å². The Hall–Kier alpha value is -1.21. The fourth-order valence-electron chi connectivity index (χ4n) is 0. The molecule has 0 atom stereocenters. The van der Waals surface area contributed by atoms with Gasteiger partial charge in [0.1, 0.15) is 0 Å². The topological polar surface area (TPSA) is 23.8 Å². The van der Waals surface area contributed by atoms with Crippen LogP contribution in [0.4, 0.5) is 0 Å². The predicted octanol–water partition coefficient (Wildman–Crippen LogP) is 1.34. The van der Waals surface area contributed by atoms with E-state index < -0.39 is 0 Å². The van der Waals surface area contributed by atoms with E-state index in [0.717, 1.165) is 0 Å². The standard InChI is InChI=1S/C3H3N.C3H4/c1-2-3-4;1-3-2/h2H,1H2;1H,2H3. The van der Waals surface area contributed by atoms with Crippen LogP contribution in [-0.4, -0.2) is 0 Å². The highest BCUT2D eigenvalue weighted by Gasteiger charge is 1.34. The third kappa shape index (κ3) is 845. The van der Waals surface area contributed by atoms with Gasteiger partial charge in [-0.1, -0.05) is 6.58 Å². The molecule has 0 aromatic carbocycles. The maximum Gasteiger partial charge on any atom is 0.0905 e. The Balaban J connectivity index is 0. The van der Waals surface area contributed by atoms with Crippen molar-refractivity contribution >= 4 is 0 Å². The Bertz CT molecular complexity index is 100. The van der Waals surface area contributed by atoms with Gasteiger partial charge in [0.15, 0.2) is 0 Å². The average molecular weight is 93.1 g/mol. The third-order valence-corrected chi connectivity index (χ3v) is 0.0913. The zero-order valence-corrected chi connectivity index (χ0v) is 4.31. The summed E-state index contributed by atoms with van der Waals surface area (Å²) in [6.07, 6.45) is 5.78. The van der Waals surface area contributed by atoms with Gasteiger partial charge in [0, 0.05) is 6.08 Å². The minimum absolute atomic E-state index is 1.18. The fraction of sp³-hybridized carbons (Fsp3) is 0.167. The van der Waals surface area contributed by atoms with E-state index >= 15 is 0 Å². The maximum atomic E-state index is 7.51. The molecule has 36 valence electrons. The second kappa shape index (κ2) is 21.5. The number of nitriles is 1. The van der Waals surface area contributed by atoms with Crippen LogP contribution in [0.25, 0.3) is 0 Å². The molecule has 0 aliphatic heterocycles. The summed E-state index contributed by atoms with van der Waals surface area (Å²) < 4.78 is 0. The minimum atomic E-state index is 1.18. The van der Waals surface area contributed by atoms with Gasteiger partial charge in [-0.15, -0.1) is 12.3 Å². The van der Waals surface area contributed by atoms with Crippen molar-refractivity contribution in [3.8, 4) is 18.4 Å². The molecule has 0 radical (unpaired) electrons. The van der Waals surface area contributed by atoms with Crippen LogP contribution < -0.4 is 0 Å². The molecule has 0 saturated heterocycles. The third-order valence-electron chi connectivity index (χ3n) is 0.0913. The van der Waals surface area contributed by atoms with Crippen molar-refractivity contribution in [1.29, 1.82) is 5.26 Å². The lowest BCUT2D eigenvalue weighted by molar-refractivity contribution is 1.54. The van der Waals surface area contributed by atoms with Crippen LogP contribution in [-0.2, 0) is 0 Å². The molecular formula is C6H7N. The van der Waals surface area contributed by atoms with Crippen molar-refractivity contribution < 1.29 is 0 Å². The van der Waals surface area contributed by atoms with E-state index in [1.54, 1.807) is 13.0 Å². The van der Waals surface area contributed by atoms with Crippen LogP contribution in [0.5, 0.6) is 0 Å². The van der Waals surface area contributed by atoms with Crippen molar-refractivity contribution in [1.82, 2.24) is 0 Å². The Labute approximate surface area is 44.3 Å². The van der Waals surface area contributed by atoms with E-state index in [1.807, 2.05) is 0 Å². The molecule has 0 bridgehead atoms. The molecule has 0 N–H and O–H groups in total. The molecule has 0 aromatic rings.